The highest BCUT2D eigenvalue weighted by atomic mass is 15.2. The molecule has 3 heteroatoms. The standard InChI is InChI=1S/C17H19N3/c1-12-17(19-16-9-5-4-8-15(16)18-12)20-10-13-6-2-3-7-14(13)11-20/h2-5,8-9,13-14H,6-7,10-11H2,1H3. The molecule has 2 aliphatic rings. The van der Waals surface area contributed by atoms with Gasteiger partial charge in [0.05, 0.1) is 16.7 Å². The van der Waals surface area contributed by atoms with Gasteiger partial charge in [0.25, 0.3) is 0 Å². The Kier molecular flexibility index (Phi) is 2.72. The molecule has 1 aliphatic carbocycles. The Labute approximate surface area is 119 Å². The predicted octanol–water partition coefficient (Wildman–Crippen LogP) is 3.34. The lowest BCUT2D eigenvalue weighted by Crippen LogP contribution is -2.22. The van der Waals surface area contributed by atoms with Crippen LogP contribution in [-0.4, -0.2) is 23.1 Å². The molecule has 0 radical (unpaired) electrons. The van der Waals surface area contributed by atoms with Crippen molar-refractivity contribution in [3.05, 3.63) is 42.1 Å². The highest BCUT2D eigenvalue weighted by molar-refractivity contribution is 5.76. The summed E-state index contributed by atoms with van der Waals surface area (Å²) in [6, 6.07) is 8.14. The Morgan fingerprint density at radius 2 is 1.55 bits per heavy atom. The number of rotatable bonds is 1. The Hall–Kier alpha value is -1.90. The van der Waals surface area contributed by atoms with Gasteiger partial charge in [-0.25, -0.2) is 9.97 Å². The van der Waals surface area contributed by atoms with Crippen molar-refractivity contribution in [2.45, 2.75) is 19.8 Å². The Morgan fingerprint density at radius 1 is 0.950 bits per heavy atom. The molecule has 1 saturated heterocycles. The molecule has 1 fully saturated rings. The van der Waals surface area contributed by atoms with E-state index in [4.69, 9.17) is 9.97 Å². The van der Waals surface area contributed by atoms with E-state index in [0.717, 1.165) is 47.5 Å². The van der Waals surface area contributed by atoms with E-state index in [-0.39, 0.29) is 0 Å². The number of nitrogens with zero attached hydrogens (tertiary/aromatic N) is 3. The molecular formula is C17H19N3. The molecule has 2 atom stereocenters. The number of para-hydroxylation sites is 2. The van der Waals surface area contributed by atoms with Crippen LogP contribution < -0.4 is 4.90 Å². The highest BCUT2D eigenvalue weighted by Gasteiger charge is 2.34. The fourth-order valence-corrected chi connectivity index (χ4v) is 3.57. The topological polar surface area (TPSA) is 29.0 Å². The highest BCUT2D eigenvalue weighted by Crippen LogP contribution is 2.35. The molecular weight excluding hydrogens is 246 g/mol. The van der Waals surface area contributed by atoms with Gasteiger partial charge in [0.15, 0.2) is 5.82 Å². The van der Waals surface area contributed by atoms with Gasteiger partial charge < -0.3 is 4.90 Å². The molecule has 0 amide bonds. The number of aryl methyl sites for hydroxylation is 1. The maximum Gasteiger partial charge on any atom is 0.150 e. The molecule has 0 bridgehead atoms. The number of allylic oxidation sites excluding steroid dienone is 2. The van der Waals surface area contributed by atoms with Crippen molar-refractivity contribution in [2.24, 2.45) is 11.8 Å². The minimum atomic E-state index is 0.799. The average molecular weight is 265 g/mol. The number of hydrogen-bond donors (Lipinski definition) is 0. The summed E-state index contributed by atoms with van der Waals surface area (Å²) in [6.45, 7) is 4.33. The Bertz CT molecular complexity index is 661. The number of aromatic nitrogens is 2. The molecule has 0 spiro atoms. The third-order valence-corrected chi connectivity index (χ3v) is 4.64. The second kappa shape index (κ2) is 4.58. The van der Waals surface area contributed by atoms with Gasteiger partial charge in [0.1, 0.15) is 0 Å². The van der Waals surface area contributed by atoms with Gasteiger partial charge in [-0.15, -0.1) is 0 Å². The third-order valence-electron chi connectivity index (χ3n) is 4.64. The number of benzene rings is 1. The molecule has 102 valence electrons. The monoisotopic (exact) mass is 265 g/mol. The quantitative estimate of drug-likeness (QED) is 0.740. The summed E-state index contributed by atoms with van der Waals surface area (Å²) in [5, 5.41) is 0. The van der Waals surface area contributed by atoms with Gasteiger partial charge in [-0.05, 0) is 43.7 Å². The second-order valence-corrected chi connectivity index (χ2v) is 5.99. The van der Waals surface area contributed by atoms with E-state index in [9.17, 15) is 0 Å². The van der Waals surface area contributed by atoms with Crippen LogP contribution in [0.3, 0.4) is 0 Å². The van der Waals surface area contributed by atoms with Crippen molar-refractivity contribution >= 4 is 16.9 Å². The zero-order valence-corrected chi connectivity index (χ0v) is 11.8. The summed E-state index contributed by atoms with van der Waals surface area (Å²) in [6.07, 6.45) is 7.12. The van der Waals surface area contributed by atoms with E-state index in [2.05, 4.69) is 30.0 Å². The van der Waals surface area contributed by atoms with E-state index >= 15 is 0 Å². The van der Waals surface area contributed by atoms with Gasteiger partial charge >= 0.3 is 0 Å². The van der Waals surface area contributed by atoms with E-state index in [1.165, 1.54) is 12.8 Å². The minimum absolute atomic E-state index is 0.799. The lowest BCUT2D eigenvalue weighted by Gasteiger charge is -2.19. The van der Waals surface area contributed by atoms with Crippen LogP contribution in [0.5, 0.6) is 0 Å². The SMILES string of the molecule is Cc1nc2ccccc2nc1N1CC2CC=CCC2C1. The fourth-order valence-electron chi connectivity index (χ4n) is 3.57. The Morgan fingerprint density at radius 3 is 2.20 bits per heavy atom. The fraction of sp³-hybridized carbons (Fsp3) is 0.412. The van der Waals surface area contributed by atoms with Gasteiger partial charge in [0, 0.05) is 13.1 Å². The summed E-state index contributed by atoms with van der Waals surface area (Å²) >= 11 is 0. The molecule has 3 nitrogen and oxygen atoms in total. The number of hydrogen-bond acceptors (Lipinski definition) is 3. The molecule has 20 heavy (non-hydrogen) atoms. The average Bonchev–Trinajstić information content (AvgIpc) is 2.90. The van der Waals surface area contributed by atoms with Crippen molar-refractivity contribution in [3.8, 4) is 0 Å². The smallest absolute Gasteiger partial charge is 0.150 e. The minimum Gasteiger partial charge on any atom is -0.354 e. The second-order valence-electron chi connectivity index (χ2n) is 5.99. The van der Waals surface area contributed by atoms with Gasteiger partial charge in [-0.2, -0.15) is 0 Å². The number of anilines is 1. The zero-order valence-electron chi connectivity index (χ0n) is 11.8. The molecule has 0 saturated carbocycles. The summed E-state index contributed by atoms with van der Waals surface area (Å²) in [7, 11) is 0. The van der Waals surface area contributed by atoms with Crippen molar-refractivity contribution < 1.29 is 0 Å². The lowest BCUT2D eigenvalue weighted by molar-refractivity contribution is 0.411. The molecule has 1 aromatic heterocycles. The van der Waals surface area contributed by atoms with Crippen LogP contribution in [0.2, 0.25) is 0 Å². The van der Waals surface area contributed by atoms with Crippen LogP contribution in [0.4, 0.5) is 5.82 Å². The van der Waals surface area contributed by atoms with Crippen LogP contribution in [0.1, 0.15) is 18.5 Å². The van der Waals surface area contributed by atoms with Gasteiger partial charge in [0.2, 0.25) is 0 Å². The van der Waals surface area contributed by atoms with Crippen molar-refractivity contribution in [1.29, 1.82) is 0 Å². The van der Waals surface area contributed by atoms with E-state index in [0.29, 0.717) is 0 Å². The van der Waals surface area contributed by atoms with Crippen LogP contribution in [-0.2, 0) is 0 Å². The summed E-state index contributed by atoms with van der Waals surface area (Å²) < 4.78 is 0. The maximum absolute atomic E-state index is 4.86. The number of fused-ring (bicyclic) bond motifs is 2. The summed E-state index contributed by atoms with van der Waals surface area (Å²) in [5.41, 5.74) is 3.04. The molecule has 1 aromatic carbocycles. The molecule has 2 aromatic rings. The van der Waals surface area contributed by atoms with Crippen molar-refractivity contribution in [3.63, 3.8) is 0 Å². The molecule has 4 rings (SSSR count). The first kappa shape index (κ1) is 11.9. The van der Waals surface area contributed by atoms with Crippen molar-refractivity contribution in [1.82, 2.24) is 9.97 Å². The summed E-state index contributed by atoms with van der Waals surface area (Å²) in [4.78, 5) is 12.0. The predicted molar refractivity (Wildman–Crippen MR) is 81.8 cm³/mol. The lowest BCUT2D eigenvalue weighted by atomic mass is 9.86. The van der Waals surface area contributed by atoms with E-state index in [1.54, 1.807) is 0 Å². The largest absolute Gasteiger partial charge is 0.354 e. The molecule has 0 N–H and O–H groups in total. The summed E-state index contributed by atoms with van der Waals surface area (Å²) in [5.74, 6) is 2.68. The third kappa shape index (κ3) is 1.89. The van der Waals surface area contributed by atoms with Crippen LogP contribution in [0.15, 0.2) is 36.4 Å². The first-order valence-electron chi connectivity index (χ1n) is 7.44. The first-order chi connectivity index (χ1) is 9.81. The normalized spacial score (nSPS) is 25.1. The van der Waals surface area contributed by atoms with Crippen LogP contribution >= 0.6 is 0 Å². The van der Waals surface area contributed by atoms with E-state index < -0.39 is 0 Å². The molecule has 2 heterocycles. The zero-order chi connectivity index (χ0) is 13.5. The Balaban J connectivity index is 1.70. The van der Waals surface area contributed by atoms with Gasteiger partial charge in [-0.3, -0.25) is 0 Å². The first-order valence-corrected chi connectivity index (χ1v) is 7.44. The molecule has 1 aliphatic heterocycles. The van der Waals surface area contributed by atoms with Crippen LogP contribution in [0.25, 0.3) is 11.0 Å². The maximum atomic E-state index is 4.86. The molecule has 2 unspecified atom stereocenters. The van der Waals surface area contributed by atoms with E-state index in [1.807, 2.05) is 18.2 Å². The van der Waals surface area contributed by atoms with Crippen LogP contribution in [0, 0.1) is 18.8 Å². The van der Waals surface area contributed by atoms with Crippen molar-refractivity contribution in [2.75, 3.05) is 18.0 Å². The van der Waals surface area contributed by atoms with Gasteiger partial charge in [-0.1, -0.05) is 24.3 Å².